The summed E-state index contributed by atoms with van der Waals surface area (Å²) in [6.07, 6.45) is 3.42. The quantitative estimate of drug-likeness (QED) is 0.344. The third-order valence-electron chi connectivity index (χ3n) is 9.32. The smallest absolute Gasteiger partial charge is 0.243 e. The molecule has 4 unspecified atom stereocenters. The van der Waals surface area contributed by atoms with Crippen molar-refractivity contribution in [1.29, 1.82) is 0 Å². The molecule has 3 fully saturated rings. The fourth-order valence-electron chi connectivity index (χ4n) is 7.51. The number of nitrogens with one attached hydrogen (secondary N) is 1. The van der Waals surface area contributed by atoms with Crippen LogP contribution in [0, 0.1) is 0 Å². The van der Waals surface area contributed by atoms with Crippen molar-refractivity contribution in [3.63, 3.8) is 0 Å². The number of thiol groups is 1. The van der Waals surface area contributed by atoms with Gasteiger partial charge in [0.15, 0.2) is 0 Å². The lowest BCUT2D eigenvalue weighted by atomic mass is 9.94. The van der Waals surface area contributed by atoms with Crippen molar-refractivity contribution in [3.8, 4) is 0 Å². The first-order valence-corrected chi connectivity index (χ1v) is 15.1. The molecule has 1 N–H and O–H groups in total. The number of hydrogen-bond donors (Lipinski definition) is 2. The normalized spacial score (nSPS) is 27.2. The molecule has 0 radical (unpaired) electrons. The Balaban J connectivity index is 1.07. The Morgan fingerprint density at radius 3 is 2.12 bits per heavy atom. The van der Waals surface area contributed by atoms with E-state index in [1.165, 1.54) is 40.7 Å². The average molecular weight is 553 g/mol. The highest BCUT2D eigenvalue weighted by atomic mass is 32.1. The number of piperazine rings is 1. The average Bonchev–Trinajstić information content (AvgIpc) is 3.42. The molecule has 4 aliphatic rings. The van der Waals surface area contributed by atoms with Gasteiger partial charge in [0, 0.05) is 44.7 Å². The zero-order valence-electron chi connectivity index (χ0n) is 22.7. The van der Waals surface area contributed by atoms with E-state index in [1.807, 2.05) is 0 Å². The zero-order valence-corrected chi connectivity index (χ0v) is 23.5. The monoisotopic (exact) mass is 552 g/mol. The number of benzene rings is 3. The Labute approximate surface area is 241 Å². The van der Waals surface area contributed by atoms with Gasteiger partial charge >= 0.3 is 0 Å². The van der Waals surface area contributed by atoms with Crippen LogP contribution in [0.3, 0.4) is 0 Å². The number of hydrogen-bond acceptors (Lipinski definition) is 6. The fraction of sp³-hybridized carbons (Fsp3) is 0.394. The van der Waals surface area contributed by atoms with Crippen LogP contribution in [-0.4, -0.2) is 57.7 Å². The zero-order chi connectivity index (χ0) is 27.2. The molecule has 2 amide bonds. The van der Waals surface area contributed by atoms with E-state index in [4.69, 9.17) is 12.6 Å². The number of fused-ring (bicyclic) bond motifs is 3. The van der Waals surface area contributed by atoms with E-state index in [9.17, 15) is 9.59 Å². The van der Waals surface area contributed by atoms with E-state index in [2.05, 4.69) is 98.9 Å². The number of amides is 2. The van der Waals surface area contributed by atoms with Crippen LogP contribution in [0.15, 0.2) is 78.9 Å². The lowest BCUT2D eigenvalue weighted by Crippen LogP contribution is -2.54. The third kappa shape index (κ3) is 4.79. The molecule has 3 saturated heterocycles. The first-order valence-electron chi connectivity index (χ1n) is 14.5. The maximum atomic E-state index is 12.5. The molecule has 4 aliphatic heterocycles. The minimum Gasteiger partial charge on any atom is -0.296 e. The second-order valence-corrected chi connectivity index (χ2v) is 12.3. The first-order chi connectivity index (χ1) is 19.5. The van der Waals surface area contributed by atoms with Crippen molar-refractivity contribution >= 4 is 24.4 Å². The molecule has 6 nitrogen and oxygen atoms in total. The van der Waals surface area contributed by atoms with Crippen LogP contribution in [0.1, 0.15) is 64.9 Å². The number of imide groups is 1. The Morgan fingerprint density at radius 2 is 1.50 bits per heavy atom. The molecule has 2 bridgehead atoms. The summed E-state index contributed by atoms with van der Waals surface area (Å²) < 4.78 is 0. The summed E-state index contributed by atoms with van der Waals surface area (Å²) in [4.78, 5) is 31.7. The number of carbonyl (C=O) groups excluding carboxylic acids is 2. The topological polar surface area (TPSA) is 55.9 Å². The van der Waals surface area contributed by atoms with Crippen LogP contribution >= 0.6 is 12.6 Å². The van der Waals surface area contributed by atoms with Gasteiger partial charge in [-0.25, -0.2) is 0 Å². The maximum absolute atomic E-state index is 12.5. The van der Waals surface area contributed by atoms with E-state index in [1.54, 1.807) is 0 Å². The van der Waals surface area contributed by atoms with Crippen LogP contribution in [0.25, 0.3) is 0 Å². The first kappa shape index (κ1) is 26.0. The lowest BCUT2D eigenvalue weighted by molar-refractivity contribution is -0.137. The summed E-state index contributed by atoms with van der Waals surface area (Å²) >= 11 is 4.94. The third-order valence-corrected chi connectivity index (χ3v) is 9.89. The molecular weight excluding hydrogens is 516 g/mol. The van der Waals surface area contributed by atoms with Gasteiger partial charge in [0.2, 0.25) is 11.8 Å². The van der Waals surface area contributed by atoms with E-state index in [0.717, 1.165) is 19.6 Å². The van der Waals surface area contributed by atoms with Gasteiger partial charge in [0.05, 0.1) is 17.5 Å². The highest BCUT2D eigenvalue weighted by Gasteiger charge is 2.44. The predicted molar refractivity (Wildman–Crippen MR) is 159 cm³/mol. The molecule has 3 aromatic rings. The van der Waals surface area contributed by atoms with Gasteiger partial charge in [0.1, 0.15) is 0 Å². The second-order valence-electron chi connectivity index (χ2n) is 11.8. The summed E-state index contributed by atoms with van der Waals surface area (Å²) in [5, 5.41) is 2.37. The summed E-state index contributed by atoms with van der Waals surface area (Å²) in [6, 6.07) is 29.8. The Morgan fingerprint density at radius 1 is 0.850 bits per heavy atom. The molecular formula is C33H36N4O2S. The van der Waals surface area contributed by atoms with Gasteiger partial charge in [-0.2, -0.15) is 12.6 Å². The summed E-state index contributed by atoms with van der Waals surface area (Å²) in [6.45, 7) is 3.75. The molecule has 4 atom stereocenters. The molecule has 4 heterocycles. The van der Waals surface area contributed by atoms with Crippen molar-refractivity contribution in [2.24, 2.45) is 0 Å². The summed E-state index contributed by atoms with van der Waals surface area (Å²) in [5.74, 6) is -0.370. The highest BCUT2D eigenvalue weighted by molar-refractivity contribution is 7.80. The summed E-state index contributed by atoms with van der Waals surface area (Å²) in [5.41, 5.74) is 6.47. The summed E-state index contributed by atoms with van der Waals surface area (Å²) in [7, 11) is 0. The molecule has 0 spiro atoms. The van der Waals surface area contributed by atoms with Gasteiger partial charge in [-0.3, -0.25) is 29.6 Å². The number of rotatable bonds is 6. The Kier molecular flexibility index (Phi) is 7.00. The number of nitrogens with zero attached hydrogens (tertiary/aromatic N) is 3. The van der Waals surface area contributed by atoms with E-state index >= 15 is 0 Å². The minimum atomic E-state index is -0.304. The van der Waals surface area contributed by atoms with Crippen LogP contribution in [0.4, 0.5) is 0 Å². The molecule has 3 aromatic carbocycles. The molecule has 0 aromatic heterocycles. The van der Waals surface area contributed by atoms with E-state index < -0.39 is 0 Å². The lowest BCUT2D eigenvalue weighted by Gasteiger charge is -2.45. The Hall–Kier alpha value is -2.97. The molecule has 0 aliphatic carbocycles. The fourth-order valence-corrected chi connectivity index (χ4v) is 7.99. The van der Waals surface area contributed by atoms with Gasteiger partial charge < -0.3 is 0 Å². The van der Waals surface area contributed by atoms with Crippen LogP contribution in [-0.2, 0) is 22.7 Å². The molecule has 7 rings (SSSR count). The van der Waals surface area contributed by atoms with Crippen molar-refractivity contribution in [2.45, 2.75) is 68.3 Å². The minimum absolute atomic E-state index is 0.135. The molecule has 7 heteroatoms. The molecule has 0 saturated carbocycles. The van der Waals surface area contributed by atoms with Gasteiger partial charge in [0.25, 0.3) is 0 Å². The predicted octanol–water partition coefficient (Wildman–Crippen LogP) is 4.67. The number of likely N-dealkylation sites (tertiary alicyclic amines) is 1. The van der Waals surface area contributed by atoms with Gasteiger partial charge in [-0.05, 0) is 47.1 Å². The van der Waals surface area contributed by atoms with Crippen molar-refractivity contribution in [3.05, 3.63) is 107 Å². The SMILES string of the molecule is O=C1CCC(N2Cc3ccc(CN4CC5CCC(C4)N5C(c4ccccc4)c4ccccc4)cc3C2S)C(=O)N1. The van der Waals surface area contributed by atoms with Crippen LogP contribution < -0.4 is 5.32 Å². The van der Waals surface area contributed by atoms with Crippen molar-refractivity contribution in [1.82, 2.24) is 20.0 Å². The number of piperidine rings is 1. The van der Waals surface area contributed by atoms with Crippen LogP contribution in [0.5, 0.6) is 0 Å². The standard InChI is InChI=1S/C33H36N4O2S/c38-30-16-15-29(32(39)34-30)36-19-25-12-11-22(17-28(25)33(36)40)18-35-20-26-13-14-27(21-35)37(26)31(23-7-3-1-4-8-23)24-9-5-2-6-10-24/h1-12,17,26-27,29,31,33,40H,13-16,18-21H2,(H,34,38,39). The number of carbonyl (C=O) groups is 2. The molecule has 40 heavy (non-hydrogen) atoms. The molecule has 206 valence electrons. The van der Waals surface area contributed by atoms with Crippen LogP contribution in [0.2, 0.25) is 0 Å². The highest BCUT2D eigenvalue weighted by Crippen LogP contribution is 2.42. The van der Waals surface area contributed by atoms with E-state index in [0.29, 0.717) is 31.5 Å². The van der Waals surface area contributed by atoms with Crippen molar-refractivity contribution < 1.29 is 9.59 Å². The largest absolute Gasteiger partial charge is 0.296 e. The van der Waals surface area contributed by atoms with E-state index in [-0.39, 0.29) is 29.3 Å². The Bertz CT molecular complexity index is 1350. The van der Waals surface area contributed by atoms with Crippen molar-refractivity contribution in [2.75, 3.05) is 13.1 Å². The second kappa shape index (κ2) is 10.8. The maximum Gasteiger partial charge on any atom is 0.243 e. The van der Waals surface area contributed by atoms with Gasteiger partial charge in [-0.15, -0.1) is 0 Å². The van der Waals surface area contributed by atoms with Gasteiger partial charge in [-0.1, -0.05) is 78.9 Å².